The molecule has 3 rings (SSSR count). The van der Waals surface area contributed by atoms with Gasteiger partial charge in [-0.2, -0.15) is 0 Å². The largest absolute Gasteiger partial charge is 0.454 e. The SMILES string of the molecule is CCNC(=NCc1ccccc1Oc1ccccc1F)NC1CCC(O)CC1.I. The lowest BCUT2D eigenvalue weighted by atomic mass is 9.93. The molecule has 2 aromatic carbocycles. The van der Waals surface area contributed by atoms with Gasteiger partial charge in [0.25, 0.3) is 0 Å². The number of nitrogens with one attached hydrogen (secondary N) is 2. The maximum absolute atomic E-state index is 13.9. The number of nitrogens with zero attached hydrogens (tertiary/aromatic N) is 1. The number of aliphatic hydroxyl groups excluding tert-OH is 1. The number of rotatable bonds is 6. The highest BCUT2D eigenvalue weighted by Crippen LogP contribution is 2.27. The minimum absolute atomic E-state index is 0. The Kier molecular flexibility index (Phi) is 9.66. The van der Waals surface area contributed by atoms with E-state index < -0.39 is 5.82 Å². The Bertz CT molecular complexity index is 795. The first-order chi connectivity index (χ1) is 13.7. The van der Waals surface area contributed by atoms with Crippen molar-refractivity contribution in [3.63, 3.8) is 0 Å². The van der Waals surface area contributed by atoms with Crippen LogP contribution in [0.15, 0.2) is 53.5 Å². The van der Waals surface area contributed by atoms with Crippen LogP contribution in [-0.4, -0.2) is 29.8 Å². The van der Waals surface area contributed by atoms with Crippen molar-refractivity contribution in [2.45, 2.75) is 51.3 Å². The van der Waals surface area contributed by atoms with Crippen LogP contribution in [0, 0.1) is 5.82 Å². The summed E-state index contributed by atoms with van der Waals surface area (Å²) >= 11 is 0. The topological polar surface area (TPSA) is 65.9 Å². The fourth-order valence-corrected chi connectivity index (χ4v) is 3.28. The maximum Gasteiger partial charge on any atom is 0.191 e. The van der Waals surface area contributed by atoms with Crippen LogP contribution in [0.5, 0.6) is 11.5 Å². The summed E-state index contributed by atoms with van der Waals surface area (Å²) in [6, 6.07) is 14.2. The molecular weight excluding hydrogens is 484 g/mol. The predicted molar refractivity (Wildman–Crippen MR) is 125 cm³/mol. The molecule has 1 aliphatic carbocycles. The second-order valence-electron chi connectivity index (χ2n) is 6.99. The number of para-hydroxylation sites is 2. The van der Waals surface area contributed by atoms with Crippen molar-refractivity contribution in [2.75, 3.05) is 6.54 Å². The minimum atomic E-state index is -0.393. The van der Waals surface area contributed by atoms with Crippen LogP contribution in [0.1, 0.15) is 38.2 Å². The van der Waals surface area contributed by atoms with E-state index >= 15 is 0 Å². The Morgan fingerprint density at radius 2 is 1.72 bits per heavy atom. The van der Waals surface area contributed by atoms with E-state index in [1.165, 1.54) is 6.07 Å². The van der Waals surface area contributed by atoms with Crippen molar-refractivity contribution < 1.29 is 14.2 Å². The molecule has 0 radical (unpaired) electrons. The summed E-state index contributed by atoms with van der Waals surface area (Å²) in [6.07, 6.45) is 3.31. The van der Waals surface area contributed by atoms with Gasteiger partial charge >= 0.3 is 0 Å². The average Bonchev–Trinajstić information content (AvgIpc) is 2.71. The fraction of sp³-hybridized carbons (Fsp3) is 0.409. The van der Waals surface area contributed by atoms with Crippen molar-refractivity contribution >= 4 is 29.9 Å². The summed E-state index contributed by atoms with van der Waals surface area (Å²) in [5, 5.41) is 16.4. The van der Waals surface area contributed by atoms with Crippen molar-refractivity contribution in [3.05, 3.63) is 59.9 Å². The van der Waals surface area contributed by atoms with Gasteiger partial charge in [0.2, 0.25) is 0 Å². The summed E-state index contributed by atoms with van der Waals surface area (Å²) < 4.78 is 19.7. The van der Waals surface area contributed by atoms with Gasteiger partial charge in [0.15, 0.2) is 17.5 Å². The van der Waals surface area contributed by atoms with Crippen LogP contribution < -0.4 is 15.4 Å². The van der Waals surface area contributed by atoms with Crippen LogP contribution in [0.3, 0.4) is 0 Å². The molecule has 1 aliphatic rings. The second kappa shape index (κ2) is 12.0. The van der Waals surface area contributed by atoms with Crippen molar-refractivity contribution in [3.8, 4) is 11.5 Å². The number of guanidine groups is 1. The first-order valence-corrected chi connectivity index (χ1v) is 9.89. The van der Waals surface area contributed by atoms with Gasteiger partial charge in [-0.25, -0.2) is 9.38 Å². The van der Waals surface area contributed by atoms with E-state index in [1.54, 1.807) is 18.2 Å². The van der Waals surface area contributed by atoms with Gasteiger partial charge in [0, 0.05) is 18.2 Å². The Labute approximate surface area is 188 Å². The van der Waals surface area contributed by atoms with Crippen LogP contribution in [0.4, 0.5) is 4.39 Å². The van der Waals surface area contributed by atoms with E-state index in [4.69, 9.17) is 4.74 Å². The van der Waals surface area contributed by atoms with Gasteiger partial charge in [0.05, 0.1) is 12.6 Å². The molecule has 0 aromatic heterocycles. The van der Waals surface area contributed by atoms with E-state index in [0.29, 0.717) is 18.3 Å². The van der Waals surface area contributed by atoms with Gasteiger partial charge < -0.3 is 20.5 Å². The number of hydrogen-bond acceptors (Lipinski definition) is 3. The number of benzene rings is 2. The molecule has 7 heteroatoms. The van der Waals surface area contributed by atoms with Crippen LogP contribution in [0.2, 0.25) is 0 Å². The lowest BCUT2D eigenvalue weighted by molar-refractivity contribution is 0.120. The molecule has 5 nitrogen and oxygen atoms in total. The molecule has 2 aromatic rings. The quantitative estimate of drug-likeness (QED) is 0.300. The Hall–Kier alpha value is -1.87. The van der Waals surface area contributed by atoms with E-state index in [0.717, 1.165) is 43.8 Å². The molecule has 158 valence electrons. The van der Waals surface area contributed by atoms with E-state index in [2.05, 4.69) is 15.6 Å². The van der Waals surface area contributed by atoms with Crippen LogP contribution >= 0.6 is 24.0 Å². The third-order valence-electron chi connectivity index (χ3n) is 4.82. The summed E-state index contributed by atoms with van der Waals surface area (Å²) in [6.45, 7) is 3.20. The van der Waals surface area contributed by atoms with Crippen LogP contribution in [-0.2, 0) is 6.54 Å². The third kappa shape index (κ3) is 7.15. The molecule has 0 atom stereocenters. The highest BCUT2D eigenvalue weighted by molar-refractivity contribution is 14.0. The molecule has 0 amide bonds. The minimum Gasteiger partial charge on any atom is -0.454 e. The Morgan fingerprint density at radius 1 is 1.07 bits per heavy atom. The van der Waals surface area contributed by atoms with E-state index in [1.807, 2.05) is 31.2 Å². The molecule has 0 spiro atoms. The zero-order chi connectivity index (χ0) is 19.8. The summed E-state index contributed by atoms with van der Waals surface area (Å²) in [5.41, 5.74) is 0.877. The Morgan fingerprint density at radius 3 is 2.41 bits per heavy atom. The van der Waals surface area contributed by atoms with Crippen LogP contribution in [0.25, 0.3) is 0 Å². The molecule has 0 heterocycles. The highest BCUT2D eigenvalue weighted by Gasteiger charge is 2.20. The monoisotopic (exact) mass is 513 g/mol. The predicted octanol–water partition coefficient (Wildman–Crippen LogP) is 4.59. The molecule has 3 N–H and O–H groups in total. The molecule has 0 aliphatic heterocycles. The number of hydrogen-bond donors (Lipinski definition) is 3. The smallest absolute Gasteiger partial charge is 0.191 e. The molecule has 0 bridgehead atoms. The molecule has 1 saturated carbocycles. The normalized spacial score (nSPS) is 19.2. The molecule has 0 saturated heterocycles. The lowest BCUT2D eigenvalue weighted by Gasteiger charge is -2.27. The van der Waals surface area contributed by atoms with E-state index in [9.17, 15) is 9.50 Å². The lowest BCUT2D eigenvalue weighted by Crippen LogP contribution is -2.45. The molecule has 0 unspecified atom stereocenters. The number of halogens is 2. The van der Waals surface area contributed by atoms with Gasteiger partial charge in [0.1, 0.15) is 5.75 Å². The highest BCUT2D eigenvalue weighted by atomic mass is 127. The average molecular weight is 513 g/mol. The summed E-state index contributed by atoms with van der Waals surface area (Å²) in [7, 11) is 0. The van der Waals surface area contributed by atoms with Gasteiger partial charge in [-0.05, 0) is 50.8 Å². The zero-order valence-corrected chi connectivity index (χ0v) is 18.9. The van der Waals surface area contributed by atoms with Crippen molar-refractivity contribution in [2.24, 2.45) is 4.99 Å². The zero-order valence-electron chi connectivity index (χ0n) is 16.6. The number of aliphatic hydroxyl groups is 1. The maximum atomic E-state index is 13.9. The molecular formula is C22H29FIN3O2. The van der Waals surface area contributed by atoms with Gasteiger partial charge in [-0.15, -0.1) is 24.0 Å². The summed E-state index contributed by atoms with van der Waals surface area (Å²) in [5.74, 6) is 1.14. The first kappa shape index (κ1) is 23.4. The Balaban J connectivity index is 0.00000300. The molecule has 29 heavy (non-hydrogen) atoms. The number of aliphatic imine (C=N–C) groups is 1. The van der Waals surface area contributed by atoms with E-state index in [-0.39, 0.29) is 35.8 Å². The van der Waals surface area contributed by atoms with Crippen molar-refractivity contribution in [1.29, 1.82) is 0 Å². The van der Waals surface area contributed by atoms with Crippen molar-refractivity contribution in [1.82, 2.24) is 10.6 Å². The summed E-state index contributed by atoms with van der Waals surface area (Å²) in [4.78, 5) is 4.68. The fourth-order valence-electron chi connectivity index (χ4n) is 3.28. The second-order valence-corrected chi connectivity index (χ2v) is 6.99. The van der Waals surface area contributed by atoms with Gasteiger partial charge in [-0.1, -0.05) is 30.3 Å². The number of ether oxygens (including phenoxy) is 1. The first-order valence-electron chi connectivity index (χ1n) is 9.89. The standard InChI is InChI=1S/C22H28FN3O2.HI/c1-2-24-22(26-17-11-13-18(27)14-12-17)25-15-16-7-3-5-9-20(16)28-21-10-6-4-8-19(21)23;/h3-10,17-18,27H,2,11-15H2,1H3,(H2,24,25,26);1H. The third-order valence-corrected chi connectivity index (χ3v) is 4.82. The van der Waals surface area contributed by atoms with Gasteiger partial charge in [-0.3, -0.25) is 0 Å². The molecule has 1 fully saturated rings.